The molecule has 0 saturated heterocycles. The number of amides is 1. The second-order valence-electron chi connectivity index (χ2n) is 4.76. The SMILES string of the molecule is CC(C)(C)OC(=O)NCC(=O)c1ccccc1Cl. The first kappa shape index (κ1) is 14.5. The van der Waals surface area contributed by atoms with Gasteiger partial charge in [-0.15, -0.1) is 0 Å². The number of Topliss-reactive ketones (excluding diaryl/α,β-unsaturated/α-hetero) is 1. The third-order valence-electron chi connectivity index (χ3n) is 1.97. The molecular weight excluding hydrogens is 254 g/mol. The summed E-state index contributed by atoms with van der Waals surface area (Å²) in [5.74, 6) is -0.258. The quantitative estimate of drug-likeness (QED) is 0.858. The minimum absolute atomic E-state index is 0.140. The Morgan fingerprint density at radius 1 is 1.28 bits per heavy atom. The summed E-state index contributed by atoms with van der Waals surface area (Å²) in [6.07, 6.45) is -0.622. The largest absolute Gasteiger partial charge is 0.444 e. The van der Waals surface area contributed by atoms with Crippen LogP contribution < -0.4 is 5.32 Å². The lowest BCUT2D eigenvalue weighted by molar-refractivity contribution is 0.0520. The van der Waals surface area contributed by atoms with Crippen LogP contribution in [0.5, 0.6) is 0 Å². The van der Waals surface area contributed by atoms with Gasteiger partial charge in [0, 0.05) is 5.56 Å². The molecule has 0 fully saturated rings. The van der Waals surface area contributed by atoms with Gasteiger partial charge in [-0.1, -0.05) is 23.7 Å². The molecule has 1 aromatic carbocycles. The molecular formula is C13H16ClNO3. The Morgan fingerprint density at radius 2 is 1.89 bits per heavy atom. The van der Waals surface area contributed by atoms with Crippen LogP contribution in [0.4, 0.5) is 4.79 Å². The van der Waals surface area contributed by atoms with E-state index in [2.05, 4.69) is 5.32 Å². The number of hydrogen-bond donors (Lipinski definition) is 1. The van der Waals surface area contributed by atoms with Crippen LogP contribution in [0.3, 0.4) is 0 Å². The highest BCUT2D eigenvalue weighted by Gasteiger charge is 2.17. The summed E-state index contributed by atoms with van der Waals surface area (Å²) in [6.45, 7) is 5.12. The minimum Gasteiger partial charge on any atom is -0.444 e. The van der Waals surface area contributed by atoms with Gasteiger partial charge in [-0.2, -0.15) is 0 Å². The van der Waals surface area contributed by atoms with Crippen molar-refractivity contribution in [1.29, 1.82) is 0 Å². The zero-order valence-corrected chi connectivity index (χ0v) is 11.4. The number of rotatable bonds is 3. The summed E-state index contributed by atoms with van der Waals surface area (Å²) in [5.41, 5.74) is -0.201. The fraction of sp³-hybridized carbons (Fsp3) is 0.385. The van der Waals surface area contributed by atoms with Crippen LogP contribution in [-0.2, 0) is 4.74 Å². The zero-order valence-electron chi connectivity index (χ0n) is 10.6. The number of alkyl carbamates (subject to hydrolysis) is 1. The highest BCUT2D eigenvalue weighted by Crippen LogP contribution is 2.15. The molecule has 0 bridgehead atoms. The number of carbonyl (C=O) groups is 2. The first-order valence-electron chi connectivity index (χ1n) is 5.54. The van der Waals surface area contributed by atoms with E-state index in [1.165, 1.54) is 0 Å². The molecule has 0 atom stereocenters. The lowest BCUT2D eigenvalue weighted by atomic mass is 10.1. The molecule has 18 heavy (non-hydrogen) atoms. The Bertz CT molecular complexity index is 452. The fourth-order valence-corrected chi connectivity index (χ4v) is 1.49. The van der Waals surface area contributed by atoms with Crippen LogP contribution >= 0.6 is 11.6 Å². The second-order valence-corrected chi connectivity index (χ2v) is 5.17. The maximum absolute atomic E-state index is 11.8. The topological polar surface area (TPSA) is 55.4 Å². The van der Waals surface area contributed by atoms with Gasteiger partial charge in [-0.25, -0.2) is 4.79 Å². The van der Waals surface area contributed by atoms with Gasteiger partial charge in [0.1, 0.15) is 5.60 Å². The molecule has 0 saturated carbocycles. The third kappa shape index (κ3) is 4.75. The van der Waals surface area contributed by atoms with E-state index in [1.807, 2.05) is 0 Å². The number of carbonyl (C=O) groups excluding carboxylic acids is 2. The Kier molecular flexibility index (Phi) is 4.73. The molecule has 0 spiro atoms. The predicted octanol–water partition coefficient (Wildman–Crippen LogP) is 3.05. The van der Waals surface area contributed by atoms with Gasteiger partial charge in [0.05, 0.1) is 11.6 Å². The van der Waals surface area contributed by atoms with Crippen molar-refractivity contribution in [3.8, 4) is 0 Å². The van der Waals surface area contributed by atoms with Crippen LogP contribution in [0.15, 0.2) is 24.3 Å². The van der Waals surface area contributed by atoms with E-state index < -0.39 is 11.7 Å². The smallest absolute Gasteiger partial charge is 0.408 e. The Morgan fingerprint density at radius 3 is 2.44 bits per heavy atom. The molecule has 0 aliphatic heterocycles. The van der Waals surface area contributed by atoms with Crippen molar-refractivity contribution >= 4 is 23.5 Å². The second kappa shape index (κ2) is 5.87. The van der Waals surface area contributed by atoms with E-state index >= 15 is 0 Å². The normalized spacial score (nSPS) is 10.9. The highest BCUT2D eigenvalue weighted by molar-refractivity contribution is 6.34. The van der Waals surface area contributed by atoms with E-state index in [0.29, 0.717) is 10.6 Å². The molecule has 1 N–H and O–H groups in total. The summed E-state index contributed by atoms with van der Waals surface area (Å²) in [4.78, 5) is 23.1. The lowest BCUT2D eigenvalue weighted by Crippen LogP contribution is -2.35. The average Bonchev–Trinajstić information content (AvgIpc) is 2.24. The maximum atomic E-state index is 11.8. The number of benzene rings is 1. The van der Waals surface area contributed by atoms with Crippen LogP contribution in [-0.4, -0.2) is 24.0 Å². The van der Waals surface area contributed by atoms with Crippen molar-refractivity contribution in [1.82, 2.24) is 5.32 Å². The first-order valence-corrected chi connectivity index (χ1v) is 5.92. The van der Waals surface area contributed by atoms with Gasteiger partial charge in [0.25, 0.3) is 0 Å². The van der Waals surface area contributed by atoms with Gasteiger partial charge in [0.15, 0.2) is 5.78 Å². The van der Waals surface area contributed by atoms with Gasteiger partial charge in [0.2, 0.25) is 0 Å². The van der Waals surface area contributed by atoms with E-state index in [1.54, 1.807) is 45.0 Å². The summed E-state index contributed by atoms with van der Waals surface area (Å²) >= 11 is 5.88. The highest BCUT2D eigenvalue weighted by atomic mass is 35.5. The van der Waals surface area contributed by atoms with Gasteiger partial charge in [-0.05, 0) is 32.9 Å². The van der Waals surface area contributed by atoms with Gasteiger partial charge >= 0.3 is 6.09 Å². The molecule has 98 valence electrons. The lowest BCUT2D eigenvalue weighted by Gasteiger charge is -2.19. The third-order valence-corrected chi connectivity index (χ3v) is 2.30. The molecule has 0 unspecified atom stereocenters. The van der Waals surface area contributed by atoms with E-state index in [9.17, 15) is 9.59 Å². The molecule has 0 radical (unpaired) electrons. The van der Waals surface area contributed by atoms with E-state index in [-0.39, 0.29) is 12.3 Å². The molecule has 1 amide bonds. The summed E-state index contributed by atoms with van der Waals surface area (Å²) in [7, 11) is 0. The van der Waals surface area contributed by atoms with Crippen LogP contribution in [0.2, 0.25) is 5.02 Å². The molecule has 4 nitrogen and oxygen atoms in total. The van der Waals surface area contributed by atoms with Crippen LogP contribution in [0, 0.1) is 0 Å². The van der Waals surface area contributed by atoms with E-state index in [4.69, 9.17) is 16.3 Å². The number of hydrogen-bond acceptors (Lipinski definition) is 3. The Balaban J connectivity index is 2.52. The van der Waals surface area contributed by atoms with Crippen molar-refractivity contribution in [3.63, 3.8) is 0 Å². The standard InChI is InChI=1S/C13H16ClNO3/c1-13(2,3)18-12(17)15-8-11(16)9-6-4-5-7-10(9)14/h4-7H,8H2,1-3H3,(H,15,17). The number of ketones is 1. The molecule has 5 heteroatoms. The van der Waals surface area contributed by atoms with Crippen molar-refractivity contribution in [3.05, 3.63) is 34.9 Å². The number of nitrogens with one attached hydrogen (secondary N) is 1. The zero-order chi connectivity index (χ0) is 13.8. The molecule has 0 heterocycles. The number of halogens is 1. The molecule has 1 aromatic rings. The van der Waals surface area contributed by atoms with Gasteiger partial charge in [-0.3, -0.25) is 4.79 Å². The summed E-state index contributed by atoms with van der Waals surface area (Å²) in [6, 6.07) is 6.69. The average molecular weight is 270 g/mol. The van der Waals surface area contributed by atoms with Crippen LogP contribution in [0.25, 0.3) is 0 Å². The first-order chi connectivity index (χ1) is 8.29. The minimum atomic E-state index is -0.622. The van der Waals surface area contributed by atoms with E-state index in [0.717, 1.165) is 0 Å². The van der Waals surface area contributed by atoms with Crippen molar-refractivity contribution < 1.29 is 14.3 Å². The Hall–Kier alpha value is -1.55. The fourth-order valence-electron chi connectivity index (χ4n) is 1.25. The Labute approximate surface area is 111 Å². The van der Waals surface area contributed by atoms with Crippen LogP contribution in [0.1, 0.15) is 31.1 Å². The monoisotopic (exact) mass is 269 g/mol. The van der Waals surface area contributed by atoms with Gasteiger partial charge < -0.3 is 10.1 Å². The van der Waals surface area contributed by atoms with Crippen molar-refractivity contribution in [2.24, 2.45) is 0 Å². The molecule has 0 aliphatic rings. The molecule has 1 rings (SSSR count). The summed E-state index contributed by atoms with van der Waals surface area (Å²) < 4.78 is 5.02. The van der Waals surface area contributed by atoms with Crippen molar-refractivity contribution in [2.75, 3.05) is 6.54 Å². The van der Waals surface area contributed by atoms with Crippen molar-refractivity contribution in [2.45, 2.75) is 26.4 Å². The molecule has 0 aromatic heterocycles. The maximum Gasteiger partial charge on any atom is 0.408 e. The summed E-state index contributed by atoms with van der Waals surface area (Å²) in [5, 5.41) is 2.76. The molecule has 0 aliphatic carbocycles. The number of ether oxygens (including phenoxy) is 1. The predicted molar refractivity (Wildman–Crippen MR) is 70.0 cm³/mol.